The van der Waals surface area contributed by atoms with Crippen LogP contribution in [0.3, 0.4) is 0 Å². The van der Waals surface area contributed by atoms with Gasteiger partial charge in [-0.1, -0.05) is 55.5 Å². The van der Waals surface area contributed by atoms with Gasteiger partial charge >= 0.3 is 12.0 Å². The summed E-state index contributed by atoms with van der Waals surface area (Å²) in [5, 5.41) is 3.70. The zero-order valence-electron chi connectivity index (χ0n) is 20.5. The summed E-state index contributed by atoms with van der Waals surface area (Å²) in [5.41, 5.74) is 3.23. The number of para-hydroxylation sites is 1. The van der Waals surface area contributed by atoms with Crippen LogP contribution in [-0.4, -0.2) is 65.5 Å². The van der Waals surface area contributed by atoms with E-state index in [1.807, 2.05) is 61.7 Å². The summed E-state index contributed by atoms with van der Waals surface area (Å²) in [6.45, 7) is 4.97. The highest BCUT2D eigenvalue weighted by Gasteiger charge is 2.22. The van der Waals surface area contributed by atoms with Crippen molar-refractivity contribution in [3.8, 4) is 0 Å². The molecular weight excluding hydrogens is 444 g/mol. The summed E-state index contributed by atoms with van der Waals surface area (Å²) >= 11 is 0. The predicted molar refractivity (Wildman–Crippen MR) is 136 cm³/mol. The number of hydrogen-bond donors (Lipinski definition) is 2. The lowest BCUT2D eigenvalue weighted by Gasteiger charge is -2.28. The van der Waals surface area contributed by atoms with Gasteiger partial charge in [0.25, 0.3) is 0 Å². The summed E-state index contributed by atoms with van der Waals surface area (Å²) in [7, 11) is 0. The molecule has 186 valence electrons. The van der Waals surface area contributed by atoms with Crippen molar-refractivity contribution in [3.05, 3.63) is 71.9 Å². The Morgan fingerprint density at radius 2 is 1.69 bits per heavy atom. The Kier molecular flexibility index (Phi) is 9.71. The highest BCUT2D eigenvalue weighted by molar-refractivity contribution is 5.86. The molecule has 2 aromatic carbocycles. The van der Waals surface area contributed by atoms with Gasteiger partial charge in [0.05, 0.1) is 6.61 Å². The molecule has 0 radical (unpaired) electrons. The second-order valence-corrected chi connectivity index (χ2v) is 8.30. The van der Waals surface area contributed by atoms with E-state index in [2.05, 4.69) is 16.4 Å². The molecule has 0 spiro atoms. The molecule has 1 heterocycles. The van der Waals surface area contributed by atoms with Crippen LogP contribution in [0.15, 0.2) is 60.8 Å². The molecule has 1 aromatic heterocycles. The monoisotopic (exact) mass is 478 g/mol. The van der Waals surface area contributed by atoms with E-state index in [9.17, 15) is 14.4 Å². The molecular formula is C27H34N4O4. The number of urea groups is 1. The highest BCUT2D eigenvalue weighted by atomic mass is 16.5. The molecule has 35 heavy (non-hydrogen) atoms. The van der Waals surface area contributed by atoms with Crippen molar-refractivity contribution < 1.29 is 19.1 Å². The van der Waals surface area contributed by atoms with E-state index < -0.39 is 12.0 Å². The van der Waals surface area contributed by atoms with E-state index in [0.29, 0.717) is 32.5 Å². The summed E-state index contributed by atoms with van der Waals surface area (Å²) in [6, 6.07) is 17.5. The Morgan fingerprint density at radius 3 is 2.43 bits per heavy atom. The number of benzene rings is 2. The molecule has 0 aliphatic rings. The van der Waals surface area contributed by atoms with Crippen LogP contribution in [0.1, 0.15) is 31.4 Å². The number of H-pyrrole nitrogens is 1. The van der Waals surface area contributed by atoms with Gasteiger partial charge in [-0.05, 0) is 37.0 Å². The van der Waals surface area contributed by atoms with Gasteiger partial charge in [-0.3, -0.25) is 9.59 Å². The number of nitrogens with one attached hydrogen (secondary N) is 2. The minimum Gasteiger partial charge on any atom is -0.465 e. The Bertz CT molecular complexity index is 1110. The Hall–Kier alpha value is -3.81. The van der Waals surface area contributed by atoms with E-state index in [1.54, 1.807) is 11.8 Å². The van der Waals surface area contributed by atoms with Crippen molar-refractivity contribution >= 4 is 28.8 Å². The van der Waals surface area contributed by atoms with Crippen LogP contribution in [0, 0.1) is 0 Å². The number of aromatic nitrogens is 1. The van der Waals surface area contributed by atoms with E-state index in [0.717, 1.165) is 22.0 Å². The van der Waals surface area contributed by atoms with Crippen molar-refractivity contribution in [1.29, 1.82) is 0 Å². The van der Waals surface area contributed by atoms with Crippen LogP contribution in [0.5, 0.6) is 0 Å². The van der Waals surface area contributed by atoms with Crippen LogP contribution in [0.4, 0.5) is 4.79 Å². The van der Waals surface area contributed by atoms with Gasteiger partial charge in [-0.2, -0.15) is 0 Å². The van der Waals surface area contributed by atoms with Gasteiger partial charge in [0.1, 0.15) is 13.1 Å². The second kappa shape index (κ2) is 13.2. The van der Waals surface area contributed by atoms with Crippen molar-refractivity contribution in [1.82, 2.24) is 20.1 Å². The average Bonchev–Trinajstić information content (AvgIpc) is 3.28. The molecule has 3 rings (SSSR count). The maximum Gasteiger partial charge on any atom is 0.325 e. The third-order valence-corrected chi connectivity index (χ3v) is 5.69. The van der Waals surface area contributed by atoms with Gasteiger partial charge in [-0.15, -0.1) is 0 Å². The molecule has 0 saturated carbocycles. The number of rotatable bonds is 12. The molecule has 3 aromatic rings. The number of amides is 3. The zero-order chi connectivity index (χ0) is 25.0. The van der Waals surface area contributed by atoms with Gasteiger partial charge in [0.15, 0.2) is 0 Å². The Morgan fingerprint density at radius 1 is 0.943 bits per heavy atom. The lowest BCUT2D eigenvalue weighted by molar-refractivity contribution is -0.141. The van der Waals surface area contributed by atoms with E-state index in [1.165, 1.54) is 4.90 Å². The van der Waals surface area contributed by atoms with Gasteiger partial charge in [0.2, 0.25) is 5.91 Å². The number of aromatic amines is 1. The van der Waals surface area contributed by atoms with E-state index in [-0.39, 0.29) is 25.6 Å². The maximum atomic E-state index is 13.4. The van der Waals surface area contributed by atoms with Gasteiger partial charge < -0.3 is 24.8 Å². The van der Waals surface area contributed by atoms with Crippen LogP contribution >= 0.6 is 0 Å². The Labute approximate surface area is 206 Å². The summed E-state index contributed by atoms with van der Waals surface area (Å²) in [6.07, 6.45) is 3.36. The summed E-state index contributed by atoms with van der Waals surface area (Å²) in [5.74, 6) is -0.651. The summed E-state index contributed by atoms with van der Waals surface area (Å²) < 4.78 is 4.87. The molecule has 2 N–H and O–H groups in total. The smallest absolute Gasteiger partial charge is 0.325 e. The first-order valence-electron chi connectivity index (χ1n) is 12.1. The number of ether oxygens (including phenoxy) is 1. The molecule has 0 unspecified atom stereocenters. The lowest BCUT2D eigenvalue weighted by atomic mass is 10.1. The van der Waals surface area contributed by atoms with Gasteiger partial charge in [-0.25, -0.2) is 4.79 Å². The largest absolute Gasteiger partial charge is 0.465 e. The second-order valence-electron chi connectivity index (χ2n) is 8.30. The predicted octanol–water partition coefficient (Wildman–Crippen LogP) is 3.72. The molecule has 0 aliphatic heterocycles. The molecule has 3 amide bonds. The third kappa shape index (κ3) is 7.60. The fourth-order valence-electron chi connectivity index (χ4n) is 3.95. The third-order valence-electron chi connectivity index (χ3n) is 5.69. The van der Waals surface area contributed by atoms with Crippen LogP contribution in [0.25, 0.3) is 10.9 Å². The normalized spacial score (nSPS) is 10.7. The first-order valence-corrected chi connectivity index (χ1v) is 12.1. The molecule has 0 fully saturated rings. The van der Waals surface area contributed by atoms with Crippen molar-refractivity contribution in [2.75, 3.05) is 32.8 Å². The highest BCUT2D eigenvalue weighted by Crippen LogP contribution is 2.19. The van der Waals surface area contributed by atoms with Crippen molar-refractivity contribution in [3.63, 3.8) is 0 Å². The van der Waals surface area contributed by atoms with Crippen LogP contribution in [0.2, 0.25) is 0 Å². The molecule has 8 nitrogen and oxygen atoms in total. The molecule has 0 atom stereocenters. The number of hydrogen-bond acceptors (Lipinski definition) is 4. The number of carbonyl (C=O) groups excluding carboxylic acids is 3. The first-order chi connectivity index (χ1) is 17.0. The first kappa shape index (κ1) is 25.8. The average molecular weight is 479 g/mol. The Balaban J connectivity index is 1.70. The topological polar surface area (TPSA) is 94.7 Å². The van der Waals surface area contributed by atoms with E-state index >= 15 is 0 Å². The standard InChI is InChI=1S/C27H34N4O4/c1-3-15-31(27(34)29-18-26(33)35-4-2)20-25(32)30(19-21-10-6-5-7-11-21)16-14-22-17-28-24-13-9-8-12-23(22)24/h5-13,17,28H,3-4,14-16,18-20H2,1-2H3,(H,29,34). The number of fused-ring (bicyclic) bond motifs is 1. The minimum absolute atomic E-state index is 0.0663. The van der Waals surface area contributed by atoms with Crippen molar-refractivity contribution in [2.45, 2.75) is 33.2 Å². The number of carbonyl (C=O) groups is 3. The van der Waals surface area contributed by atoms with E-state index in [4.69, 9.17) is 4.74 Å². The SMILES string of the molecule is CCCN(CC(=O)N(CCc1c[nH]c2ccccc12)Cc1ccccc1)C(=O)NCC(=O)OCC. The number of nitrogens with zero attached hydrogens (tertiary/aromatic N) is 2. The zero-order valence-corrected chi connectivity index (χ0v) is 20.5. The molecule has 8 heteroatoms. The molecule has 0 saturated heterocycles. The maximum absolute atomic E-state index is 13.4. The quantitative estimate of drug-likeness (QED) is 0.388. The molecule has 0 aliphatic carbocycles. The fourth-order valence-corrected chi connectivity index (χ4v) is 3.95. The lowest BCUT2D eigenvalue weighted by Crippen LogP contribution is -2.48. The van der Waals surface area contributed by atoms with Crippen LogP contribution < -0.4 is 5.32 Å². The van der Waals surface area contributed by atoms with Gasteiger partial charge in [0, 0.05) is 36.7 Å². The molecule has 0 bridgehead atoms. The van der Waals surface area contributed by atoms with Crippen LogP contribution in [-0.2, 0) is 27.3 Å². The number of esters is 1. The summed E-state index contributed by atoms with van der Waals surface area (Å²) in [4.78, 5) is 44.2. The van der Waals surface area contributed by atoms with Crippen molar-refractivity contribution in [2.24, 2.45) is 0 Å². The minimum atomic E-state index is -0.506. The fraction of sp³-hybridized carbons (Fsp3) is 0.370.